The Morgan fingerprint density at radius 2 is 1.86 bits per heavy atom. The van der Waals surface area contributed by atoms with Crippen molar-refractivity contribution in [1.82, 2.24) is 0 Å². The van der Waals surface area contributed by atoms with Gasteiger partial charge in [0.05, 0.1) is 26.4 Å². The molecule has 0 aromatic carbocycles. The molecular weight excluding hydrogens is 266 g/mol. The zero-order valence-electron chi connectivity index (χ0n) is 13.7. The smallest absolute Gasteiger partial charge is 0.207 e. The van der Waals surface area contributed by atoms with Crippen molar-refractivity contribution in [3.8, 4) is 0 Å². The molecule has 0 aromatic rings. The highest BCUT2D eigenvalue weighted by atomic mass is 16.7. The topological polar surface area (TPSA) is 32.1 Å². The predicted molar refractivity (Wildman–Crippen MR) is 81.2 cm³/mol. The van der Waals surface area contributed by atoms with E-state index in [9.17, 15) is 0 Å². The summed E-state index contributed by atoms with van der Waals surface area (Å²) < 4.78 is 17.7. The Morgan fingerprint density at radius 3 is 2.48 bits per heavy atom. The molecule has 1 spiro atoms. The first-order chi connectivity index (χ1) is 10.1. The molecule has 2 aliphatic heterocycles. The van der Waals surface area contributed by atoms with E-state index in [0.29, 0.717) is 11.8 Å². The Bertz CT molecular complexity index is 381. The van der Waals surface area contributed by atoms with E-state index in [-0.39, 0.29) is 11.7 Å². The first-order valence-corrected chi connectivity index (χ1v) is 8.42. The van der Waals surface area contributed by atoms with Gasteiger partial charge in [-0.15, -0.1) is 0 Å². The Labute approximate surface area is 128 Å². The summed E-state index contributed by atoms with van der Waals surface area (Å²) in [5.41, 5.74) is 1.69. The summed E-state index contributed by atoms with van der Waals surface area (Å²) in [6.07, 6.45) is 3.56. The maximum atomic E-state index is 6.14. The van der Waals surface area contributed by atoms with Gasteiger partial charge in [-0.25, -0.2) is 0 Å². The first-order valence-electron chi connectivity index (χ1n) is 8.42. The molecule has 2 atom stereocenters. The van der Waals surface area contributed by atoms with Crippen molar-refractivity contribution in [2.75, 3.05) is 46.1 Å². The van der Waals surface area contributed by atoms with Gasteiger partial charge in [-0.2, -0.15) is 0 Å². The van der Waals surface area contributed by atoms with Crippen LogP contribution in [-0.4, -0.2) is 52.4 Å². The number of hydrogen-bond acceptors (Lipinski definition) is 3. The molecule has 0 radical (unpaired) electrons. The lowest BCUT2D eigenvalue weighted by Gasteiger charge is -2.49. The molecule has 2 fully saturated rings. The van der Waals surface area contributed by atoms with Crippen molar-refractivity contribution in [3.63, 3.8) is 0 Å². The van der Waals surface area contributed by atoms with E-state index in [2.05, 4.69) is 26.8 Å². The van der Waals surface area contributed by atoms with Crippen LogP contribution in [0.1, 0.15) is 27.2 Å². The molecule has 21 heavy (non-hydrogen) atoms. The minimum absolute atomic E-state index is 0.0323. The fraction of sp³-hybridized carbons (Fsp3) is 0.882. The monoisotopic (exact) mass is 296 g/mol. The average Bonchev–Trinajstić information content (AvgIpc) is 2.47. The summed E-state index contributed by atoms with van der Waals surface area (Å²) in [6, 6.07) is 0. The molecular formula is C17H30NO3+. The van der Waals surface area contributed by atoms with Crippen LogP contribution < -0.4 is 4.90 Å². The predicted octanol–water partition coefficient (Wildman–Crippen LogP) is 0.883. The van der Waals surface area contributed by atoms with Crippen molar-refractivity contribution in [2.24, 2.45) is 17.3 Å². The Morgan fingerprint density at radius 1 is 1.19 bits per heavy atom. The minimum atomic E-state index is -0.0323. The zero-order chi connectivity index (χ0) is 14.9. The SMILES string of the molecule is CC1=C[C@@H](C)C2(COC(C[NH+]3CCOCC3)OC2)[C@H](C)C1. The highest BCUT2D eigenvalue weighted by molar-refractivity contribution is 5.13. The molecule has 0 amide bonds. The lowest BCUT2D eigenvalue weighted by atomic mass is 9.63. The van der Waals surface area contributed by atoms with E-state index in [1.54, 1.807) is 4.90 Å². The van der Waals surface area contributed by atoms with Gasteiger partial charge in [0.15, 0.2) is 0 Å². The largest absolute Gasteiger partial charge is 0.370 e. The first kappa shape index (κ1) is 15.5. The van der Waals surface area contributed by atoms with Gasteiger partial charge in [0, 0.05) is 5.41 Å². The van der Waals surface area contributed by atoms with E-state index < -0.39 is 0 Å². The molecule has 2 saturated heterocycles. The van der Waals surface area contributed by atoms with E-state index >= 15 is 0 Å². The zero-order valence-corrected chi connectivity index (χ0v) is 13.7. The van der Waals surface area contributed by atoms with Gasteiger partial charge in [0.1, 0.15) is 19.6 Å². The van der Waals surface area contributed by atoms with Crippen LogP contribution in [0.25, 0.3) is 0 Å². The van der Waals surface area contributed by atoms with Gasteiger partial charge in [0.25, 0.3) is 0 Å². The summed E-state index contributed by atoms with van der Waals surface area (Å²) >= 11 is 0. The number of nitrogens with one attached hydrogen (secondary N) is 1. The molecule has 3 aliphatic rings. The van der Waals surface area contributed by atoms with Crippen molar-refractivity contribution in [2.45, 2.75) is 33.5 Å². The van der Waals surface area contributed by atoms with Crippen LogP contribution in [0.4, 0.5) is 0 Å². The normalized spacial score (nSPS) is 42.0. The highest BCUT2D eigenvalue weighted by Crippen LogP contribution is 2.46. The molecule has 1 aliphatic carbocycles. The van der Waals surface area contributed by atoms with Crippen LogP contribution in [-0.2, 0) is 14.2 Å². The van der Waals surface area contributed by atoms with Gasteiger partial charge in [-0.1, -0.05) is 25.5 Å². The molecule has 0 bridgehead atoms. The summed E-state index contributed by atoms with van der Waals surface area (Å²) in [7, 11) is 0. The van der Waals surface area contributed by atoms with E-state index in [1.165, 1.54) is 12.0 Å². The van der Waals surface area contributed by atoms with Crippen molar-refractivity contribution in [3.05, 3.63) is 11.6 Å². The molecule has 1 N–H and O–H groups in total. The minimum Gasteiger partial charge on any atom is -0.370 e. The van der Waals surface area contributed by atoms with Crippen LogP contribution in [0, 0.1) is 17.3 Å². The maximum Gasteiger partial charge on any atom is 0.207 e. The van der Waals surface area contributed by atoms with Crippen LogP contribution in [0.2, 0.25) is 0 Å². The number of ether oxygens (including phenoxy) is 3. The Kier molecular flexibility index (Phi) is 4.69. The maximum absolute atomic E-state index is 6.14. The highest BCUT2D eigenvalue weighted by Gasteiger charge is 2.47. The van der Waals surface area contributed by atoms with Gasteiger partial charge < -0.3 is 19.1 Å². The third kappa shape index (κ3) is 3.19. The Balaban J connectivity index is 1.56. The van der Waals surface area contributed by atoms with Crippen LogP contribution in [0.15, 0.2) is 11.6 Å². The third-order valence-corrected chi connectivity index (χ3v) is 5.78. The molecule has 2 heterocycles. The standard InChI is InChI=1S/C17H29NO3/c1-13-8-14(2)17(15(3)9-13)11-20-16(21-12-17)10-18-4-6-19-7-5-18/h8,14-16H,4-7,9-12H2,1-3H3/p+1/t14-,15-,16?,17?/m1/s1. The molecule has 0 aromatic heterocycles. The molecule has 3 rings (SSSR count). The second-order valence-electron chi connectivity index (χ2n) is 7.26. The second-order valence-corrected chi connectivity index (χ2v) is 7.26. The summed E-state index contributed by atoms with van der Waals surface area (Å²) in [4.78, 5) is 1.54. The molecule has 0 saturated carbocycles. The van der Waals surface area contributed by atoms with E-state index in [0.717, 1.165) is 46.1 Å². The lowest BCUT2D eigenvalue weighted by Crippen LogP contribution is -3.15. The molecule has 4 nitrogen and oxygen atoms in total. The van der Waals surface area contributed by atoms with Crippen molar-refractivity contribution in [1.29, 1.82) is 0 Å². The van der Waals surface area contributed by atoms with Gasteiger partial charge in [-0.3, -0.25) is 0 Å². The van der Waals surface area contributed by atoms with Crippen molar-refractivity contribution >= 4 is 0 Å². The van der Waals surface area contributed by atoms with Gasteiger partial charge in [0.2, 0.25) is 6.29 Å². The van der Waals surface area contributed by atoms with Crippen LogP contribution >= 0.6 is 0 Å². The second kappa shape index (κ2) is 6.37. The van der Waals surface area contributed by atoms with Gasteiger partial charge in [-0.05, 0) is 25.2 Å². The quantitative estimate of drug-likeness (QED) is 0.768. The Hall–Kier alpha value is -0.420. The number of rotatable bonds is 2. The number of morpholine rings is 1. The number of allylic oxidation sites excluding steroid dienone is 2. The van der Waals surface area contributed by atoms with Crippen molar-refractivity contribution < 1.29 is 19.1 Å². The number of quaternary nitrogens is 1. The fourth-order valence-corrected chi connectivity index (χ4v) is 4.15. The molecule has 4 heteroatoms. The lowest BCUT2D eigenvalue weighted by molar-refractivity contribution is -0.914. The average molecular weight is 296 g/mol. The fourth-order valence-electron chi connectivity index (χ4n) is 4.15. The van der Waals surface area contributed by atoms with Crippen LogP contribution in [0.3, 0.4) is 0 Å². The summed E-state index contributed by atoms with van der Waals surface area (Å²) in [5.74, 6) is 1.17. The van der Waals surface area contributed by atoms with E-state index in [4.69, 9.17) is 14.2 Å². The van der Waals surface area contributed by atoms with E-state index in [1.807, 2.05) is 0 Å². The summed E-state index contributed by atoms with van der Waals surface area (Å²) in [6.45, 7) is 13.4. The number of hydrogen-bond donors (Lipinski definition) is 1. The summed E-state index contributed by atoms with van der Waals surface area (Å²) in [5, 5.41) is 0. The third-order valence-electron chi connectivity index (χ3n) is 5.78. The van der Waals surface area contributed by atoms with Crippen LogP contribution in [0.5, 0.6) is 0 Å². The molecule has 0 unspecified atom stereocenters. The molecule has 120 valence electrons. The van der Waals surface area contributed by atoms with Gasteiger partial charge >= 0.3 is 0 Å².